The molecule has 0 fully saturated rings. The number of aromatic nitrogens is 2. The number of rotatable bonds is 5. The van der Waals surface area contributed by atoms with Gasteiger partial charge in [0.05, 0.1) is 17.6 Å². The monoisotopic (exact) mass is 231 g/mol. The lowest BCUT2D eigenvalue weighted by Crippen LogP contribution is -2.18. The summed E-state index contributed by atoms with van der Waals surface area (Å²) in [6.07, 6.45) is 1.43. The Morgan fingerprint density at radius 1 is 1.53 bits per heavy atom. The number of H-pyrrole nitrogens is 1. The maximum atomic E-state index is 11.1. The molecule has 0 aliphatic carbocycles. The Labute approximate surface area is 87.6 Å². The molecular formula is C8H13N3O3S. The summed E-state index contributed by atoms with van der Waals surface area (Å²) >= 11 is 0. The maximum absolute atomic E-state index is 11.1. The van der Waals surface area contributed by atoms with Crippen LogP contribution in [0.1, 0.15) is 6.92 Å². The molecule has 0 aliphatic rings. The lowest BCUT2D eigenvalue weighted by Gasteiger charge is -2.04. The molecule has 0 saturated heterocycles. The first-order valence-corrected chi connectivity index (χ1v) is 6.34. The molecule has 84 valence electrons. The van der Waals surface area contributed by atoms with Crippen molar-refractivity contribution in [2.45, 2.75) is 6.92 Å². The molecule has 2 N–H and O–H groups in total. The van der Waals surface area contributed by atoms with E-state index in [2.05, 4.69) is 15.5 Å². The number of nitrogens with one attached hydrogen (secondary N) is 2. The van der Waals surface area contributed by atoms with E-state index in [0.29, 0.717) is 5.69 Å². The molecule has 0 radical (unpaired) electrons. The second kappa shape index (κ2) is 4.92. The van der Waals surface area contributed by atoms with E-state index in [9.17, 15) is 13.2 Å². The standard InChI is InChI=1S/C8H13N3O3S/c1-2-15(13,14)4-3-9-7-5-8(12)11-10-6-7/h5-6H,2-4H2,1H3,(H2,9,11,12). The molecule has 6 nitrogen and oxygen atoms in total. The summed E-state index contributed by atoms with van der Waals surface area (Å²) in [7, 11) is -2.97. The Morgan fingerprint density at radius 2 is 2.27 bits per heavy atom. The Bertz CT molecular complexity index is 466. The number of hydrogen-bond acceptors (Lipinski definition) is 5. The molecule has 0 saturated carbocycles. The van der Waals surface area contributed by atoms with Gasteiger partial charge in [0.2, 0.25) is 0 Å². The molecule has 1 heterocycles. The van der Waals surface area contributed by atoms with Gasteiger partial charge in [-0.1, -0.05) is 6.92 Å². The Morgan fingerprint density at radius 3 is 2.87 bits per heavy atom. The van der Waals surface area contributed by atoms with Crippen molar-refractivity contribution in [3.05, 3.63) is 22.6 Å². The van der Waals surface area contributed by atoms with Gasteiger partial charge >= 0.3 is 0 Å². The molecule has 0 aliphatic heterocycles. The molecule has 0 atom stereocenters. The zero-order valence-corrected chi connectivity index (χ0v) is 9.17. The van der Waals surface area contributed by atoms with Gasteiger partial charge in [-0.2, -0.15) is 5.10 Å². The predicted octanol–water partition coefficient (Wildman–Crippen LogP) is -0.384. The summed E-state index contributed by atoms with van der Waals surface area (Å²) in [6, 6.07) is 1.32. The van der Waals surface area contributed by atoms with Gasteiger partial charge in [0, 0.05) is 18.4 Å². The fourth-order valence-electron chi connectivity index (χ4n) is 0.968. The van der Waals surface area contributed by atoms with Crippen LogP contribution in [0, 0.1) is 0 Å². The summed E-state index contributed by atoms with van der Waals surface area (Å²) in [5, 5.41) is 8.61. The normalized spacial score (nSPS) is 11.3. The fourth-order valence-corrected chi connectivity index (χ4v) is 1.67. The highest BCUT2D eigenvalue weighted by Gasteiger charge is 2.06. The van der Waals surface area contributed by atoms with Crippen molar-refractivity contribution >= 4 is 15.5 Å². The van der Waals surface area contributed by atoms with Crippen molar-refractivity contribution < 1.29 is 8.42 Å². The van der Waals surface area contributed by atoms with Crippen molar-refractivity contribution in [3.8, 4) is 0 Å². The first-order valence-electron chi connectivity index (χ1n) is 4.52. The molecule has 1 aromatic heterocycles. The average molecular weight is 231 g/mol. The molecule has 15 heavy (non-hydrogen) atoms. The van der Waals surface area contributed by atoms with Gasteiger partial charge < -0.3 is 5.32 Å². The smallest absolute Gasteiger partial charge is 0.266 e. The van der Waals surface area contributed by atoms with Crippen molar-refractivity contribution in [2.24, 2.45) is 0 Å². The molecular weight excluding hydrogens is 218 g/mol. The zero-order valence-electron chi connectivity index (χ0n) is 8.36. The largest absolute Gasteiger partial charge is 0.383 e. The summed E-state index contributed by atoms with van der Waals surface area (Å²) in [4.78, 5) is 10.8. The van der Waals surface area contributed by atoms with Gasteiger partial charge in [-0.15, -0.1) is 0 Å². The molecule has 1 aromatic rings. The third kappa shape index (κ3) is 4.11. The maximum Gasteiger partial charge on any atom is 0.266 e. The molecule has 0 unspecified atom stereocenters. The van der Waals surface area contributed by atoms with E-state index < -0.39 is 9.84 Å². The van der Waals surface area contributed by atoms with E-state index in [1.165, 1.54) is 12.3 Å². The predicted molar refractivity (Wildman–Crippen MR) is 57.7 cm³/mol. The zero-order chi connectivity index (χ0) is 11.3. The van der Waals surface area contributed by atoms with Crippen molar-refractivity contribution in [3.63, 3.8) is 0 Å². The van der Waals surface area contributed by atoms with Crippen LogP contribution in [0.5, 0.6) is 0 Å². The fraction of sp³-hybridized carbons (Fsp3) is 0.500. The first kappa shape index (κ1) is 11.7. The highest BCUT2D eigenvalue weighted by Crippen LogP contribution is 1.98. The number of anilines is 1. The van der Waals surface area contributed by atoms with Gasteiger partial charge in [0.15, 0.2) is 9.84 Å². The van der Waals surface area contributed by atoms with E-state index >= 15 is 0 Å². The van der Waals surface area contributed by atoms with Crippen LogP contribution in [0.4, 0.5) is 5.69 Å². The van der Waals surface area contributed by atoms with E-state index in [4.69, 9.17) is 0 Å². The Hall–Kier alpha value is -1.37. The highest BCUT2D eigenvalue weighted by atomic mass is 32.2. The summed E-state index contributed by atoms with van der Waals surface area (Å²) < 4.78 is 22.3. The SMILES string of the molecule is CCS(=O)(=O)CCNc1cn[nH]c(=O)c1. The van der Waals surface area contributed by atoms with Crippen LogP contribution in [-0.4, -0.2) is 36.7 Å². The minimum atomic E-state index is -2.97. The van der Waals surface area contributed by atoms with Crippen LogP contribution in [0.2, 0.25) is 0 Å². The van der Waals surface area contributed by atoms with Gasteiger partial charge in [-0.05, 0) is 0 Å². The molecule has 0 spiro atoms. The molecule has 0 amide bonds. The van der Waals surface area contributed by atoms with Crippen LogP contribution in [0.25, 0.3) is 0 Å². The van der Waals surface area contributed by atoms with Gasteiger partial charge in [0.25, 0.3) is 5.56 Å². The lowest BCUT2D eigenvalue weighted by molar-refractivity contribution is 0.597. The van der Waals surface area contributed by atoms with Crippen LogP contribution in [0.15, 0.2) is 17.1 Å². The van der Waals surface area contributed by atoms with E-state index in [0.717, 1.165) is 0 Å². The van der Waals surface area contributed by atoms with Gasteiger partial charge in [-0.3, -0.25) is 4.79 Å². The minimum Gasteiger partial charge on any atom is -0.383 e. The third-order valence-electron chi connectivity index (χ3n) is 1.85. The average Bonchev–Trinajstić information content (AvgIpc) is 2.18. The first-order chi connectivity index (χ1) is 7.03. The highest BCUT2D eigenvalue weighted by molar-refractivity contribution is 7.91. The van der Waals surface area contributed by atoms with Crippen molar-refractivity contribution in [2.75, 3.05) is 23.4 Å². The Kier molecular flexibility index (Phi) is 3.84. The van der Waals surface area contributed by atoms with E-state index in [1.54, 1.807) is 6.92 Å². The topological polar surface area (TPSA) is 91.9 Å². The molecule has 0 aromatic carbocycles. The van der Waals surface area contributed by atoms with Crippen LogP contribution < -0.4 is 10.9 Å². The van der Waals surface area contributed by atoms with Crippen LogP contribution >= 0.6 is 0 Å². The second-order valence-electron chi connectivity index (χ2n) is 3.00. The van der Waals surface area contributed by atoms with Crippen molar-refractivity contribution in [1.29, 1.82) is 0 Å². The number of sulfone groups is 1. The van der Waals surface area contributed by atoms with E-state index in [1.807, 2.05) is 0 Å². The van der Waals surface area contributed by atoms with Crippen LogP contribution in [0.3, 0.4) is 0 Å². The van der Waals surface area contributed by atoms with Gasteiger partial charge in [0.1, 0.15) is 0 Å². The lowest BCUT2D eigenvalue weighted by atomic mass is 10.4. The van der Waals surface area contributed by atoms with Gasteiger partial charge in [-0.25, -0.2) is 13.5 Å². The number of nitrogens with zero attached hydrogens (tertiary/aromatic N) is 1. The van der Waals surface area contributed by atoms with Crippen molar-refractivity contribution in [1.82, 2.24) is 10.2 Å². The third-order valence-corrected chi connectivity index (χ3v) is 3.55. The Balaban J connectivity index is 2.49. The molecule has 7 heteroatoms. The van der Waals surface area contributed by atoms with E-state index in [-0.39, 0.29) is 23.6 Å². The molecule has 0 bridgehead atoms. The number of hydrogen-bond donors (Lipinski definition) is 2. The summed E-state index contributed by atoms with van der Waals surface area (Å²) in [5.41, 5.74) is 0.198. The number of aromatic amines is 1. The quantitative estimate of drug-likeness (QED) is 0.720. The summed E-state index contributed by atoms with van der Waals surface area (Å²) in [5.74, 6) is 0.179. The molecule has 1 rings (SSSR count). The minimum absolute atomic E-state index is 0.0519. The second-order valence-corrected chi connectivity index (χ2v) is 5.47. The van der Waals surface area contributed by atoms with Crippen LogP contribution in [-0.2, 0) is 9.84 Å². The summed E-state index contributed by atoms with van der Waals surface area (Å²) in [6.45, 7) is 1.88.